The Kier molecular flexibility index (Phi) is 2.93. The summed E-state index contributed by atoms with van der Waals surface area (Å²) in [6.07, 6.45) is -0.757. The SMILES string of the molecule is Cc1cc(F)cc(-c2ccc3c(c2)C(C)OC(=O)N3)c1. The molecule has 1 aliphatic heterocycles. The van der Waals surface area contributed by atoms with E-state index in [1.54, 1.807) is 0 Å². The second kappa shape index (κ2) is 4.63. The van der Waals surface area contributed by atoms with Gasteiger partial charge in [-0.3, -0.25) is 5.32 Å². The summed E-state index contributed by atoms with van der Waals surface area (Å²) in [6, 6.07) is 10.5. The number of amides is 1. The van der Waals surface area contributed by atoms with Gasteiger partial charge in [-0.2, -0.15) is 0 Å². The highest BCUT2D eigenvalue weighted by molar-refractivity contribution is 5.89. The lowest BCUT2D eigenvalue weighted by molar-refractivity contribution is 0.116. The first kappa shape index (κ1) is 12.7. The number of hydrogen-bond donors (Lipinski definition) is 1. The summed E-state index contributed by atoms with van der Waals surface area (Å²) in [7, 11) is 0. The molecular weight excluding hydrogens is 257 g/mol. The van der Waals surface area contributed by atoms with Crippen molar-refractivity contribution in [3.8, 4) is 11.1 Å². The van der Waals surface area contributed by atoms with Crippen molar-refractivity contribution in [1.82, 2.24) is 0 Å². The van der Waals surface area contributed by atoms with E-state index in [1.807, 2.05) is 38.1 Å². The lowest BCUT2D eigenvalue weighted by Gasteiger charge is -2.24. The van der Waals surface area contributed by atoms with E-state index in [1.165, 1.54) is 12.1 Å². The molecule has 102 valence electrons. The van der Waals surface area contributed by atoms with Gasteiger partial charge in [0.2, 0.25) is 0 Å². The maximum absolute atomic E-state index is 13.5. The van der Waals surface area contributed by atoms with E-state index in [-0.39, 0.29) is 11.9 Å². The van der Waals surface area contributed by atoms with Gasteiger partial charge in [-0.15, -0.1) is 0 Å². The molecule has 2 aromatic carbocycles. The molecule has 0 aliphatic carbocycles. The van der Waals surface area contributed by atoms with E-state index in [0.29, 0.717) is 0 Å². The smallest absolute Gasteiger partial charge is 0.412 e. The third-order valence-electron chi connectivity index (χ3n) is 3.39. The lowest BCUT2D eigenvalue weighted by atomic mass is 9.97. The summed E-state index contributed by atoms with van der Waals surface area (Å²) in [5, 5.41) is 2.66. The van der Waals surface area contributed by atoms with Crippen LogP contribution in [0, 0.1) is 12.7 Å². The van der Waals surface area contributed by atoms with Gasteiger partial charge in [-0.25, -0.2) is 9.18 Å². The second-order valence-electron chi connectivity index (χ2n) is 4.99. The fourth-order valence-corrected chi connectivity index (χ4v) is 2.46. The van der Waals surface area contributed by atoms with Gasteiger partial charge in [0.25, 0.3) is 0 Å². The van der Waals surface area contributed by atoms with Crippen molar-refractivity contribution in [3.05, 3.63) is 53.3 Å². The number of ether oxygens (including phenoxy) is 1. The molecule has 0 spiro atoms. The van der Waals surface area contributed by atoms with Gasteiger partial charge in [-0.1, -0.05) is 12.1 Å². The highest BCUT2D eigenvalue weighted by atomic mass is 19.1. The van der Waals surface area contributed by atoms with Crippen LogP contribution < -0.4 is 5.32 Å². The lowest BCUT2D eigenvalue weighted by Crippen LogP contribution is -2.22. The van der Waals surface area contributed by atoms with Gasteiger partial charge in [0.05, 0.1) is 5.69 Å². The van der Waals surface area contributed by atoms with Crippen molar-refractivity contribution in [3.63, 3.8) is 0 Å². The van der Waals surface area contributed by atoms with Crippen LogP contribution in [0.25, 0.3) is 11.1 Å². The normalized spacial score (nSPS) is 17.1. The molecular formula is C16H14FNO2. The van der Waals surface area contributed by atoms with E-state index in [4.69, 9.17) is 4.74 Å². The Labute approximate surface area is 116 Å². The average Bonchev–Trinajstić information content (AvgIpc) is 2.37. The van der Waals surface area contributed by atoms with Crippen molar-refractivity contribution in [1.29, 1.82) is 0 Å². The standard InChI is InChI=1S/C16H14FNO2/c1-9-5-12(7-13(17)6-9)11-3-4-15-14(8-11)10(2)20-16(19)18-15/h3-8,10H,1-2H3,(H,18,19). The van der Waals surface area contributed by atoms with Crippen LogP contribution in [0.2, 0.25) is 0 Å². The number of hydrogen-bond acceptors (Lipinski definition) is 2. The number of benzene rings is 2. The van der Waals surface area contributed by atoms with Crippen molar-refractivity contribution in [2.24, 2.45) is 0 Å². The van der Waals surface area contributed by atoms with E-state index in [9.17, 15) is 9.18 Å². The summed E-state index contributed by atoms with van der Waals surface area (Å²) in [5.74, 6) is -0.254. The van der Waals surface area contributed by atoms with Gasteiger partial charge in [-0.05, 0) is 54.8 Å². The minimum absolute atomic E-state index is 0.254. The van der Waals surface area contributed by atoms with Gasteiger partial charge in [0.1, 0.15) is 11.9 Å². The summed E-state index contributed by atoms with van der Waals surface area (Å²) in [6.45, 7) is 3.68. The van der Waals surface area contributed by atoms with Crippen LogP contribution in [0.5, 0.6) is 0 Å². The monoisotopic (exact) mass is 271 g/mol. The van der Waals surface area contributed by atoms with Crippen LogP contribution in [-0.2, 0) is 4.74 Å². The Bertz CT molecular complexity index is 677. The fourth-order valence-electron chi connectivity index (χ4n) is 2.46. The number of cyclic esters (lactones) is 1. The quantitative estimate of drug-likeness (QED) is 0.833. The first-order valence-electron chi connectivity index (χ1n) is 6.42. The molecule has 1 amide bonds. The molecule has 0 saturated heterocycles. The predicted molar refractivity (Wildman–Crippen MR) is 75.1 cm³/mol. The van der Waals surface area contributed by atoms with Crippen LogP contribution in [-0.4, -0.2) is 6.09 Å². The van der Waals surface area contributed by atoms with Crippen molar-refractivity contribution < 1.29 is 13.9 Å². The molecule has 20 heavy (non-hydrogen) atoms. The maximum Gasteiger partial charge on any atom is 0.412 e. The van der Waals surface area contributed by atoms with Gasteiger partial charge < -0.3 is 4.74 Å². The van der Waals surface area contributed by atoms with Crippen LogP contribution in [0.4, 0.5) is 14.9 Å². The van der Waals surface area contributed by atoms with Crippen molar-refractivity contribution in [2.45, 2.75) is 20.0 Å². The summed E-state index contributed by atoms with van der Waals surface area (Å²) in [5.41, 5.74) is 4.22. The molecule has 1 atom stereocenters. The summed E-state index contributed by atoms with van der Waals surface area (Å²) in [4.78, 5) is 11.3. The highest BCUT2D eigenvalue weighted by Crippen LogP contribution is 2.34. The predicted octanol–water partition coefficient (Wildman–Crippen LogP) is 4.42. The largest absolute Gasteiger partial charge is 0.441 e. The van der Waals surface area contributed by atoms with Crippen LogP contribution in [0.15, 0.2) is 36.4 Å². The number of carbonyl (C=O) groups is 1. The molecule has 0 bridgehead atoms. The molecule has 0 fully saturated rings. The fraction of sp³-hybridized carbons (Fsp3) is 0.188. The minimum Gasteiger partial charge on any atom is -0.441 e. The number of rotatable bonds is 1. The van der Waals surface area contributed by atoms with Crippen LogP contribution >= 0.6 is 0 Å². The maximum atomic E-state index is 13.5. The third kappa shape index (κ3) is 2.25. The Morgan fingerprint density at radius 1 is 1.15 bits per heavy atom. The number of nitrogens with one attached hydrogen (secondary N) is 1. The van der Waals surface area contributed by atoms with Crippen molar-refractivity contribution in [2.75, 3.05) is 5.32 Å². The molecule has 0 aromatic heterocycles. The van der Waals surface area contributed by atoms with Gasteiger partial charge >= 0.3 is 6.09 Å². The first-order valence-corrected chi connectivity index (χ1v) is 6.42. The van der Waals surface area contributed by atoms with Crippen LogP contribution in [0.1, 0.15) is 24.2 Å². The Morgan fingerprint density at radius 2 is 1.95 bits per heavy atom. The molecule has 1 heterocycles. The number of aryl methyl sites for hydroxylation is 1. The molecule has 3 nitrogen and oxygen atoms in total. The van der Waals surface area contributed by atoms with E-state index in [0.717, 1.165) is 27.9 Å². The number of fused-ring (bicyclic) bond motifs is 1. The number of halogens is 1. The Hall–Kier alpha value is -2.36. The molecule has 1 aliphatic rings. The summed E-state index contributed by atoms with van der Waals surface area (Å²) < 4.78 is 18.6. The number of carbonyl (C=O) groups excluding carboxylic acids is 1. The highest BCUT2D eigenvalue weighted by Gasteiger charge is 2.22. The third-order valence-corrected chi connectivity index (χ3v) is 3.39. The number of anilines is 1. The van der Waals surface area contributed by atoms with Crippen molar-refractivity contribution >= 4 is 11.8 Å². The molecule has 3 rings (SSSR count). The molecule has 0 saturated carbocycles. The average molecular weight is 271 g/mol. The van der Waals surface area contributed by atoms with E-state index < -0.39 is 6.09 Å². The van der Waals surface area contributed by atoms with Crippen LogP contribution in [0.3, 0.4) is 0 Å². The Balaban J connectivity index is 2.08. The summed E-state index contributed by atoms with van der Waals surface area (Å²) >= 11 is 0. The minimum atomic E-state index is -0.445. The van der Waals surface area contributed by atoms with E-state index >= 15 is 0 Å². The van der Waals surface area contributed by atoms with Gasteiger partial charge in [0, 0.05) is 5.56 Å². The zero-order valence-electron chi connectivity index (χ0n) is 11.2. The first-order chi connectivity index (χ1) is 9.52. The molecule has 0 radical (unpaired) electrons. The zero-order valence-corrected chi connectivity index (χ0v) is 11.2. The van der Waals surface area contributed by atoms with Gasteiger partial charge in [0.15, 0.2) is 0 Å². The zero-order chi connectivity index (χ0) is 14.3. The molecule has 1 unspecified atom stereocenters. The molecule has 2 aromatic rings. The molecule has 1 N–H and O–H groups in total. The Morgan fingerprint density at radius 3 is 2.70 bits per heavy atom. The topological polar surface area (TPSA) is 38.3 Å². The molecule has 4 heteroatoms. The van der Waals surface area contributed by atoms with E-state index in [2.05, 4.69) is 5.32 Å². The second-order valence-corrected chi connectivity index (χ2v) is 4.99.